The zero-order valence-electron chi connectivity index (χ0n) is 13.4. The average molecular weight is 418 g/mol. The summed E-state index contributed by atoms with van der Waals surface area (Å²) in [6.45, 7) is 5.15. The molecule has 2 rings (SSSR count). The summed E-state index contributed by atoms with van der Waals surface area (Å²) in [5.74, 6) is 2.25. The highest BCUT2D eigenvalue weighted by Gasteiger charge is 2.06. The van der Waals surface area contributed by atoms with E-state index in [0.29, 0.717) is 12.4 Å². The number of nitrogens with one attached hydrogen (secondary N) is 2. The number of oxazole rings is 1. The molecule has 122 valence electrons. The van der Waals surface area contributed by atoms with E-state index in [9.17, 15) is 0 Å². The summed E-state index contributed by atoms with van der Waals surface area (Å²) in [5.41, 5.74) is 2.12. The van der Waals surface area contributed by atoms with Gasteiger partial charge in [-0.05, 0) is 25.8 Å². The van der Waals surface area contributed by atoms with E-state index in [1.807, 2.05) is 33.3 Å². The van der Waals surface area contributed by atoms with Crippen molar-refractivity contribution in [3.63, 3.8) is 0 Å². The lowest BCUT2D eigenvalue weighted by Crippen LogP contribution is -2.37. The summed E-state index contributed by atoms with van der Waals surface area (Å²) >= 11 is 0. The number of halogens is 1. The molecule has 0 saturated heterocycles. The summed E-state index contributed by atoms with van der Waals surface area (Å²) in [6.07, 6.45) is 4.78. The van der Waals surface area contributed by atoms with Crippen molar-refractivity contribution in [3.05, 3.63) is 35.3 Å². The zero-order valence-corrected chi connectivity index (χ0v) is 15.7. The average Bonchev–Trinajstić information content (AvgIpc) is 3.00. The highest BCUT2D eigenvalue weighted by Crippen LogP contribution is 2.07. The van der Waals surface area contributed by atoms with Crippen LogP contribution in [-0.2, 0) is 20.0 Å². The Morgan fingerprint density at radius 1 is 1.36 bits per heavy atom. The molecule has 0 fully saturated rings. The molecular weight excluding hydrogens is 395 g/mol. The van der Waals surface area contributed by atoms with Crippen LogP contribution in [-0.4, -0.2) is 34.3 Å². The largest absolute Gasteiger partial charge is 0.444 e. The fraction of sp³-hybridized carbons (Fsp3) is 0.500. The van der Waals surface area contributed by atoms with Gasteiger partial charge in [0.15, 0.2) is 5.96 Å². The van der Waals surface area contributed by atoms with Crippen LogP contribution in [0.1, 0.15) is 22.9 Å². The topological polar surface area (TPSA) is 80.3 Å². The van der Waals surface area contributed by atoms with Crippen molar-refractivity contribution >= 4 is 29.9 Å². The van der Waals surface area contributed by atoms with Gasteiger partial charge in [-0.3, -0.25) is 9.67 Å². The Labute approximate surface area is 147 Å². The minimum atomic E-state index is 0. The predicted octanol–water partition coefficient (Wildman–Crippen LogP) is 1.55. The maximum absolute atomic E-state index is 5.52. The predicted molar refractivity (Wildman–Crippen MR) is 96.5 cm³/mol. The molecule has 0 atom stereocenters. The third kappa shape index (κ3) is 5.32. The van der Waals surface area contributed by atoms with Gasteiger partial charge in [-0.1, -0.05) is 0 Å². The molecule has 0 amide bonds. The Morgan fingerprint density at radius 3 is 2.68 bits per heavy atom. The second kappa shape index (κ2) is 8.76. The van der Waals surface area contributed by atoms with Crippen LogP contribution >= 0.6 is 24.0 Å². The van der Waals surface area contributed by atoms with Gasteiger partial charge < -0.3 is 15.1 Å². The Morgan fingerprint density at radius 2 is 2.14 bits per heavy atom. The van der Waals surface area contributed by atoms with Crippen molar-refractivity contribution in [2.75, 3.05) is 13.6 Å². The van der Waals surface area contributed by atoms with Crippen molar-refractivity contribution in [2.24, 2.45) is 12.0 Å². The van der Waals surface area contributed by atoms with E-state index in [1.54, 1.807) is 11.7 Å². The molecule has 2 aromatic heterocycles. The lowest BCUT2D eigenvalue weighted by Gasteiger charge is -2.09. The number of rotatable bonds is 5. The number of hydrogen-bond acceptors (Lipinski definition) is 4. The van der Waals surface area contributed by atoms with Crippen molar-refractivity contribution in [3.8, 4) is 0 Å². The second-order valence-corrected chi connectivity index (χ2v) is 4.87. The number of nitrogens with zero attached hydrogens (tertiary/aromatic N) is 4. The van der Waals surface area contributed by atoms with Gasteiger partial charge in [0.05, 0.1) is 18.4 Å². The monoisotopic (exact) mass is 418 g/mol. The minimum absolute atomic E-state index is 0. The van der Waals surface area contributed by atoms with Gasteiger partial charge in [0.2, 0.25) is 5.89 Å². The molecule has 0 saturated carbocycles. The third-order valence-electron chi connectivity index (χ3n) is 3.17. The van der Waals surface area contributed by atoms with E-state index in [1.165, 1.54) is 5.56 Å². The van der Waals surface area contributed by atoms with E-state index in [2.05, 4.69) is 25.7 Å². The molecule has 2 aromatic rings. The molecule has 0 unspecified atom stereocenters. The van der Waals surface area contributed by atoms with Crippen LogP contribution in [0.5, 0.6) is 0 Å². The minimum Gasteiger partial charge on any atom is -0.444 e. The molecule has 0 aliphatic carbocycles. The van der Waals surface area contributed by atoms with E-state index >= 15 is 0 Å². The van der Waals surface area contributed by atoms with Crippen molar-refractivity contribution in [1.29, 1.82) is 0 Å². The van der Waals surface area contributed by atoms with Crippen molar-refractivity contribution in [2.45, 2.75) is 26.8 Å². The standard InChI is InChI=1S/C14H22N6O.HI/c1-10-11(2)21-13(19-10)8-17-14(15-3)16-6-5-12-7-18-20(4)9-12;/h7,9H,5-6,8H2,1-4H3,(H2,15,16,17);1H. The van der Waals surface area contributed by atoms with E-state index in [-0.39, 0.29) is 24.0 Å². The molecule has 0 radical (unpaired) electrons. The van der Waals surface area contributed by atoms with Gasteiger partial charge in [0, 0.05) is 26.8 Å². The number of guanidine groups is 1. The molecular formula is C14H23IN6O. The summed E-state index contributed by atoms with van der Waals surface area (Å²) in [7, 11) is 3.66. The number of aryl methyl sites for hydroxylation is 3. The fourth-order valence-electron chi connectivity index (χ4n) is 1.92. The third-order valence-corrected chi connectivity index (χ3v) is 3.17. The van der Waals surface area contributed by atoms with Crippen LogP contribution in [0.3, 0.4) is 0 Å². The maximum atomic E-state index is 5.52. The molecule has 22 heavy (non-hydrogen) atoms. The van der Waals surface area contributed by atoms with Crippen LogP contribution < -0.4 is 10.6 Å². The smallest absolute Gasteiger partial charge is 0.214 e. The first-order chi connectivity index (χ1) is 10.1. The summed E-state index contributed by atoms with van der Waals surface area (Å²) in [6, 6.07) is 0. The van der Waals surface area contributed by atoms with Crippen molar-refractivity contribution in [1.82, 2.24) is 25.4 Å². The SMILES string of the molecule is CN=C(NCCc1cnn(C)c1)NCc1nc(C)c(C)o1.I. The lowest BCUT2D eigenvalue weighted by molar-refractivity contribution is 0.464. The van der Waals surface area contributed by atoms with Crippen LogP contribution in [0.25, 0.3) is 0 Å². The van der Waals surface area contributed by atoms with Gasteiger partial charge >= 0.3 is 0 Å². The Balaban J connectivity index is 0.00000242. The molecule has 8 heteroatoms. The van der Waals surface area contributed by atoms with E-state index in [0.717, 1.165) is 30.4 Å². The first-order valence-corrected chi connectivity index (χ1v) is 6.93. The van der Waals surface area contributed by atoms with E-state index < -0.39 is 0 Å². The fourth-order valence-corrected chi connectivity index (χ4v) is 1.92. The summed E-state index contributed by atoms with van der Waals surface area (Å²) < 4.78 is 7.32. The quantitative estimate of drug-likeness (QED) is 0.438. The highest BCUT2D eigenvalue weighted by molar-refractivity contribution is 14.0. The maximum Gasteiger partial charge on any atom is 0.214 e. The number of aliphatic imine (C=N–C) groups is 1. The summed E-state index contributed by atoms with van der Waals surface area (Å²) in [4.78, 5) is 8.50. The Kier molecular flexibility index (Phi) is 7.36. The zero-order chi connectivity index (χ0) is 15.2. The molecule has 0 aliphatic heterocycles. The van der Waals surface area contributed by atoms with Gasteiger partial charge in [0.1, 0.15) is 5.76 Å². The molecule has 0 aliphatic rings. The van der Waals surface area contributed by atoms with Gasteiger partial charge in [-0.15, -0.1) is 24.0 Å². The van der Waals surface area contributed by atoms with Gasteiger partial charge in [-0.2, -0.15) is 5.10 Å². The van der Waals surface area contributed by atoms with Crippen LogP contribution in [0.2, 0.25) is 0 Å². The second-order valence-electron chi connectivity index (χ2n) is 4.87. The highest BCUT2D eigenvalue weighted by atomic mass is 127. The normalized spacial score (nSPS) is 11.2. The lowest BCUT2D eigenvalue weighted by atomic mass is 10.2. The molecule has 7 nitrogen and oxygen atoms in total. The Bertz CT molecular complexity index is 599. The van der Waals surface area contributed by atoms with Crippen LogP contribution in [0, 0.1) is 13.8 Å². The first kappa shape index (κ1) is 18.5. The van der Waals surface area contributed by atoms with Crippen LogP contribution in [0.15, 0.2) is 21.8 Å². The van der Waals surface area contributed by atoms with Crippen molar-refractivity contribution < 1.29 is 4.42 Å². The van der Waals surface area contributed by atoms with E-state index in [4.69, 9.17) is 4.42 Å². The molecule has 0 spiro atoms. The van der Waals surface area contributed by atoms with Gasteiger partial charge in [-0.25, -0.2) is 4.98 Å². The number of hydrogen-bond donors (Lipinski definition) is 2. The first-order valence-electron chi connectivity index (χ1n) is 6.93. The van der Waals surface area contributed by atoms with Gasteiger partial charge in [0.25, 0.3) is 0 Å². The number of aromatic nitrogens is 3. The molecule has 2 heterocycles. The Hall–Kier alpha value is -1.58. The van der Waals surface area contributed by atoms with Crippen LogP contribution in [0.4, 0.5) is 0 Å². The summed E-state index contributed by atoms with van der Waals surface area (Å²) in [5, 5.41) is 10.6. The molecule has 0 aromatic carbocycles. The molecule has 0 bridgehead atoms. The molecule has 2 N–H and O–H groups in total.